The third-order valence-corrected chi connectivity index (χ3v) is 8.98. The van der Waals surface area contributed by atoms with Gasteiger partial charge in [0, 0.05) is 35.9 Å². The first kappa shape index (κ1) is 27.0. The largest absolute Gasteiger partial charge is 0.416 e. The van der Waals surface area contributed by atoms with Gasteiger partial charge in [-0.1, -0.05) is 23.2 Å². The van der Waals surface area contributed by atoms with Crippen LogP contribution in [0.25, 0.3) is 5.69 Å². The fourth-order valence-corrected chi connectivity index (χ4v) is 6.25. The molecule has 0 saturated heterocycles. The lowest BCUT2D eigenvalue weighted by Crippen LogP contribution is -2.36. The summed E-state index contributed by atoms with van der Waals surface area (Å²) in [5.74, 6) is 0.335. The van der Waals surface area contributed by atoms with Crippen LogP contribution in [0.5, 0.6) is 0 Å². The summed E-state index contributed by atoms with van der Waals surface area (Å²) in [4.78, 5) is 15.3. The number of alkyl halides is 3. The minimum Gasteiger partial charge on any atom is -0.381 e. The first-order valence-corrected chi connectivity index (χ1v) is 14.0. The highest BCUT2D eigenvalue weighted by atomic mass is 19.4. The SMILES string of the molecule is COC1CC(c2cccc(N3Cc4c(cc(CN[C@@H](C)C5CCC5)cc4C(F)(F)F)C3=O)c2-n2c[n+](C)cn2)C1. The topological polar surface area (TPSA) is 63.3 Å². The summed E-state index contributed by atoms with van der Waals surface area (Å²) >= 11 is 0. The maximum atomic E-state index is 14.3. The number of aryl methyl sites for hydroxylation is 1. The maximum absolute atomic E-state index is 14.3. The first-order valence-electron chi connectivity index (χ1n) is 14.0. The Balaban J connectivity index is 1.37. The van der Waals surface area contributed by atoms with Gasteiger partial charge in [-0.05, 0) is 73.8 Å². The molecule has 7 nitrogen and oxygen atoms in total. The Labute approximate surface area is 231 Å². The number of benzene rings is 2. The quantitative estimate of drug-likeness (QED) is 0.396. The van der Waals surface area contributed by atoms with Gasteiger partial charge in [0.25, 0.3) is 12.2 Å². The van der Waals surface area contributed by atoms with Crippen molar-refractivity contribution in [1.82, 2.24) is 15.1 Å². The predicted octanol–water partition coefficient (Wildman–Crippen LogP) is 5.05. The number of para-hydroxylation sites is 1. The van der Waals surface area contributed by atoms with E-state index in [9.17, 15) is 18.0 Å². The molecule has 6 rings (SSSR count). The number of rotatable bonds is 8. The van der Waals surface area contributed by atoms with Crippen molar-refractivity contribution in [3.63, 3.8) is 0 Å². The number of fused-ring (bicyclic) bond motifs is 1. The smallest absolute Gasteiger partial charge is 0.381 e. The van der Waals surface area contributed by atoms with E-state index in [4.69, 9.17) is 4.74 Å². The molecule has 2 aromatic carbocycles. The number of anilines is 1. The Hall–Kier alpha value is -3.24. The van der Waals surface area contributed by atoms with Gasteiger partial charge in [-0.25, -0.2) is 4.57 Å². The van der Waals surface area contributed by atoms with E-state index in [-0.39, 0.29) is 42.3 Å². The first-order chi connectivity index (χ1) is 19.1. The monoisotopic (exact) mass is 554 g/mol. The van der Waals surface area contributed by atoms with Crippen molar-refractivity contribution in [2.45, 2.75) is 76.4 Å². The average Bonchev–Trinajstić information content (AvgIpc) is 3.43. The molecule has 0 spiro atoms. The normalized spacial score (nSPS) is 21.8. The maximum Gasteiger partial charge on any atom is 0.416 e. The molecule has 3 aliphatic rings. The Morgan fingerprint density at radius 2 is 2.00 bits per heavy atom. The number of hydrogen-bond acceptors (Lipinski definition) is 4. The van der Waals surface area contributed by atoms with Crippen molar-refractivity contribution >= 4 is 11.6 Å². The van der Waals surface area contributed by atoms with E-state index >= 15 is 0 Å². The highest BCUT2D eigenvalue weighted by Gasteiger charge is 2.42. The highest BCUT2D eigenvalue weighted by Crippen LogP contribution is 2.45. The molecule has 2 saturated carbocycles. The lowest BCUT2D eigenvalue weighted by Gasteiger charge is -2.35. The average molecular weight is 555 g/mol. The van der Waals surface area contributed by atoms with Crippen LogP contribution in [0.2, 0.25) is 0 Å². The molecule has 0 bridgehead atoms. The molecule has 2 fully saturated rings. The molecule has 2 heterocycles. The number of ether oxygens (including phenoxy) is 1. The molecule has 1 aliphatic heterocycles. The van der Waals surface area contributed by atoms with Crippen LogP contribution < -0.4 is 14.8 Å². The third kappa shape index (κ3) is 4.81. The van der Waals surface area contributed by atoms with Gasteiger partial charge in [-0.15, -0.1) is 0 Å². The summed E-state index contributed by atoms with van der Waals surface area (Å²) in [6, 6.07) is 8.75. The van der Waals surface area contributed by atoms with Gasteiger partial charge < -0.3 is 15.0 Å². The van der Waals surface area contributed by atoms with Gasteiger partial charge >= 0.3 is 6.18 Å². The van der Waals surface area contributed by atoms with Crippen molar-refractivity contribution in [3.8, 4) is 5.69 Å². The number of carbonyl (C=O) groups excluding carboxylic acids is 1. The Kier molecular flexibility index (Phi) is 6.94. The molecular weight excluding hydrogens is 519 g/mol. The van der Waals surface area contributed by atoms with Gasteiger partial charge in [-0.2, -0.15) is 13.2 Å². The van der Waals surface area contributed by atoms with Gasteiger partial charge in [0.15, 0.2) is 5.69 Å². The van der Waals surface area contributed by atoms with E-state index < -0.39 is 17.6 Å². The van der Waals surface area contributed by atoms with Crippen LogP contribution in [0.3, 0.4) is 0 Å². The molecule has 10 heteroatoms. The van der Waals surface area contributed by atoms with E-state index in [2.05, 4.69) is 17.3 Å². The number of methoxy groups -OCH3 is 1. The fraction of sp³-hybridized carbons (Fsp3) is 0.500. The minimum absolute atomic E-state index is 0.0266. The number of nitrogens with zero attached hydrogens (tertiary/aromatic N) is 4. The zero-order valence-corrected chi connectivity index (χ0v) is 23.0. The number of carbonyl (C=O) groups is 1. The summed E-state index contributed by atoms with van der Waals surface area (Å²) in [5.41, 5.74) is 2.15. The summed E-state index contributed by atoms with van der Waals surface area (Å²) in [6.45, 7) is 2.22. The van der Waals surface area contributed by atoms with Crippen LogP contribution in [0, 0.1) is 5.92 Å². The summed E-state index contributed by atoms with van der Waals surface area (Å²) < 4.78 is 52.0. The Morgan fingerprint density at radius 1 is 1.23 bits per heavy atom. The molecule has 3 aromatic rings. The predicted molar refractivity (Wildman–Crippen MR) is 143 cm³/mol. The second-order valence-electron chi connectivity index (χ2n) is 11.5. The molecule has 1 amide bonds. The van der Waals surface area contributed by atoms with E-state index in [1.54, 1.807) is 41.1 Å². The lowest BCUT2D eigenvalue weighted by atomic mass is 9.76. The summed E-state index contributed by atoms with van der Waals surface area (Å²) in [6.07, 6.45) is 4.21. The van der Waals surface area contributed by atoms with Crippen LogP contribution in [0.15, 0.2) is 43.0 Å². The van der Waals surface area contributed by atoms with E-state index in [1.165, 1.54) is 17.4 Å². The number of nitrogens with one attached hydrogen (secondary N) is 1. The molecule has 1 aromatic heterocycles. The van der Waals surface area contributed by atoms with Crippen molar-refractivity contribution in [2.24, 2.45) is 13.0 Å². The highest BCUT2D eigenvalue weighted by molar-refractivity contribution is 6.11. The molecule has 1 N–H and O–H groups in total. The minimum atomic E-state index is -4.57. The second kappa shape index (κ2) is 10.3. The molecule has 0 unspecified atom stereocenters. The van der Waals surface area contributed by atoms with Crippen LogP contribution >= 0.6 is 0 Å². The van der Waals surface area contributed by atoms with Gasteiger partial charge in [0.1, 0.15) is 0 Å². The van der Waals surface area contributed by atoms with E-state index in [0.29, 0.717) is 22.9 Å². The molecule has 40 heavy (non-hydrogen) atoms. The standard InChI is InChI=1S/C30H35F3N5O2/c1-18(20-6-4-7-20)34-14-19-10-24-25(26(11-19)30(31,32)33)15-37(29(24)39)27-9-5-8-23(21-12-22(13-21)40-3)28(27)38-17-36(2)16-35-38/h5,8-11,16-18,20-22,34H,4,6-7,12-15H2,1-3H3/q+1/t18-,21?,22?/m0/s1. The Morgan fingerprint density at radius 3 is 2.62 bits per heavy atom. The van der Waals surface area contributed by atoms with Gasteiger partial charge in [0.05, 0.1) is 30.9 Å². The van der Waals surface area contributed by atoms with E-state index in [0.717, 1.165) is 31.2 Å². The van der Waals surface area contributed by atoms with Crippen LogP contribution in [0.1, 0.15) is 77.6 Å². The zero-order chi connectivity index (χ0) is 28.2. The van der Waals surface area contributed by atoms with E-state index in [1.807, 2.05) is 19.2 Å². The summed E-state index contributed by atoms with van der Waals surface area (Å²) in [5, 5.41) is 7.88. The van der Waals surface area contributed by atoms with Crippen LogP contribution in [-0.4, -0.2) is 34.9 Å². The zero-order valence-electron chi connectivity index (χ0n) is 23.0. The Bertz CT molecular complexity index is 1430. The fourth-order valence-electron chi connectivity index (χ4n) is 6.25. The van der Waals surface area contributed by atoms with Crippen LogP contribution in [-0.2, 0) is 31.1 Å². The molecule has 0 radical (unpaired) electrons. The van der Waals surface area contributed by atoms with Crippen molar-refractivity contribution in [2.75, 3.05) is 12.0 Å². The third-order valence-electron chi connectivity index (χ3n) is 8.98. The van der Waals surface area contributed by atoms with Crippen molar-refractivity contribution < 1.29 is 27.3 Å². The van der Waals surface area contributed by atoms with Gasteiger partial charge in [0.2, 0.25) is 6.33 Å². The molecule has 212 valence electrons. The second-order valence-corrected chi connectivity index (χ2v) is 11.5. The molecule has 1 atom stereocenters. The number of hydrogen-bond donors (Lipinski definition) is 1. The van der Waals surface area contributed by atoms with Crippen molar-refractivity contribution in [3.05, 3.63) is 70.8 Å². The van der Waals surface area contributed by atoms with Crippen molar-refractivity contribution in [1.29, 1.82) is 0 Å². The molecule has 2 aliphatic carbocycles. The molecular formula is C30H35F3N5O2+. The number of aromatic nitrogens is 3. The summed E-state index contributed by atoms with van der Waals surface area (Å²) in [7, 11) is 3.55. The lowest BCUT2D eigenvalue weighted by molar-refractivity contribution is -0.672. The van der Waals surface area contributed by atoms with Gasteiger partial charge in [-0.3, -0.25) is 4.79 Å². The number of amides is 1. The number of halogens is 3. The van der Waals surface area contributed by atoms with Crippen LogP contribution in [0.4, 0.5) is 18.9 Å².